The van der Waals surface area contributed by atoms with Crippen molar-refractivity contribution >= 4 is 29.2 Å². The Hall–Kier alpha value is -3.55. The fourth-order valence-corrected chi connectivity index (χ4v) is 3.38. The van der Waals surface area contributed by atoms with E-state index in [2.05, 4.69) is 5.32 Å². The largest absolute Gasteiger partial charge is 0.454 e. The van der Waals surface area contributed by atoms with Crippen molar-refractivity contribution in [1.29, 1.82) is 0 Å². The quantitative estimate of drug-likeness (QED) is 0.762. The number of anilines is 2. The van der Waals surface area contributed by atoms with Crippen molar-refractivity contribution < 1.29 is 28.6 Å². The van der Waals surface area contributed by atoms with E-state index < -0.39 is 23.9 Å². The molecule has 156 valence electrons. The number of nitrogens with one attached hydrogen (secondary N) is 1. The van der Waals surface area contributed by atoms with Gasteiger partial charge in [-0.25, -0.2) is 0 Å². The molecule has 0 aliphatic carbocycles. The molecule has 1 saturated heterocycles. The van der Waals surface area contributed by atoms with Gasteiger partial charge in [-0.1, -0.05) is 17.7 Å². The molecule has 2 aliphatic heterocycles. The molecule has 0 bridgehead atoms. The first-order valence-corrected chi connectivity index (χ1v) is 9.69. The van der Waals surface area contributed by atoms with Gasteiger partial charge in [0.25, 0.3) is 5.91 Å². The number of fused-ring (bicyclic) bond motifs is 1. The van der Waals surface area contributed by atoms with Crippen molar-refractivity contribution in [1.82, 2.24) is 0 Å². The lowest BCUT2D eigenvalue weighted by Gasteiger charge is -2.18. The SMILES string of the molecule is Cc1ccc(N2C[C@@H](C(=O)O[C@H](C)C(=O)Nc3ccc4c(c3)OCO4)CC2=O)cc1. The van der Waals surface area contributed by atoms with E-state index in [1.165, 1.54) is 6.92 Å². The Balaban J connectivity index is 1.33. The molecule has 2 heterocycles. The highest BCUT2D eigenvalue weighted by molar-refractivity contribution is 6.00. The van der Waals surface area contributed by atoms with Gasteiger partial charge in [0.2, 0.25) is 12.7 Å². The van der Waals surface area contributed by atoms with Crippen molar-refractivity contribution in [3.05, 3.63) is 48.0 Å². The number of carbonyl (C=O) groups excluding carboxylic acids is 3. The number of nitrogens with zero attached hydrogens (tertiary/aromatic N) is 1. The lowest BCUT2D eigenvalue weighted by molar-refractivity contribution is -0.157. The van der Waals surface area contributed by atoms with Crippen LogP contribution in [0.2, 0.25) is 0 Å². The van der Waals surface area contributed by atoms with Crippen LogP contribution in [0.15, 0.2) is 42.5 Å². The van der Waals surface area contributed by atoms with Gasteiger partial charge in [-0.3, -0.25) is 14.4 Å². The van der Waals surface area contributed by atoms with Crippen LogP contribution in [0, 0.1) is 12.8 Å². The van der Waals surface area contributed by atoms with Gasteiger partial charge in [0.05, 0.1) is 5.92 Å². The minimum absolute atomic E-state index is 0.0587. The summed E-state index contributed by atoms with van der Waals surface area (Å²) >= 11 is 0. The molecule has 0 saturated carbocycles. The summed E-state index contributed by atoms with van der Waals surface area (Å²) in [6, 6.07) is 12.5. The minimum Gasteiger partial charge on any atom is -0.454 e. The fraction of sp³-hybridized carbons (Fsp3) is 0.318. The fourth-order valence-electron chi connectivity index (χ4n) is 3.38. The first-order chi connectivity index (χ1) is 14.4. The van der Waals surface area contributed by atoms with Crippen molar-refractivity contribution in [2.75, 3.05) is 23.6 Å². The van der Waals surface area contributed by atoms with Gasteiger partial charge in [-0.05, 0) is 38.1 Å². The molecule has 0 spiro atoms. The maximum absolute atomic E-state index is 12.5. The molecule has 0 unspecified atom stereocenters. The second-order valence-electron chi connectivity index (χ2n) is 7.38. The number of hydrogen-bond acceptors (Lipinski definition) is 6. The predicted molar refractivity (Wildman–Crippen MR) is 108 cm³/mol. The van der Waals surface area contributed by atoms with Crippen molar-refractivity contribution in [2.45, 2.75) is 26.4 Å². The monoisotopic (exact) mass is 410 g/mol. The van der Waals surface area contributed by atoms with E-state index in [4.69, 9.17) is 14.2 Å². The van der Waals surface area contributed by atoms with E-state index in [1.807, 2.05) is 31.2 Å². The van der Waals surface area contributed by atoms with Crippen molar-refractivity contribution in [3.8, 4) is 11.5 Å². The zero-order valence-electron chi connectivity index (χ0n) is 16.7. The lowest BCUT2D eigenvalue weighted by Crippen LogP contribution is -2.33. The van der Waals surface area contributed by atoms with Crippen LogP contribution >= 0.6 is 0 Å². The number of ether oxygens (including phenoxy) is 3. The van der Waals surface area contributed by atoms with Gasteiger partial charge in [0.15, 0.2) is 17.6 Å². The number of hydrogen-bond donors (Lipinski definition) is 1. The van der Waals surface area contributed by atoms with E-state index in [-0.39, 0.29) is 25.7 Å². The molecular formula is C22H22N2O6. The molecule has 2 aromatic carbocycles. The maximum atomic E-state index is 12.5. The van der Waals surface area contributed by atoms with E-state index in [0.717, 1.165) is 11.3 Å². The third-order valence-corrected chi connectivity index (χ3v) is 5.11. The number of benzene rings is 2. The highest BCUT2D eigenvalue weighted by Gasteiger charge is 2.37. The number of amides is 2. The van der Waals surface area contributed by atoms with Gasteiger partial charge in [0, 0.05) is 30.4 Å². The van der Waals surface area contributed by atoms with Gasteiger partial charge < -0.3 is 24.4 Å². The number of carbonyl (C=O) groups is 3. The predicted octanol–water partition coefficient (Wildman–Crippen LogP) is 2.65. The Bertz CT molecular complexity index is 988. The van der Waals surface area contributed by atoms with E-state index in [0.29, 0.717) is 17.2 Å². The van der Waals surface area contributed by atoms with Crippen LogP contribution in [-0.4, -0.2) is 37.2 Å². The van der Waals surface area contributed by atoms with Gasteiger partial charge in [-0.2, -0.15) is 0 Å². The third kappa shape index (κ3) is 4.07. The van der Waals surface area contributed by atoms with Crippen molar-refractivity contribution in [3.63, 3.8) is 0 Å². The topological polar surface area (TPSA) is 94.2 Å². The first kappa shape index (κ1) is 19.8. The normalized spacial score (nSPS) is 18.3. The summed E-state index contributed by atoms with van der Waals surface area (Å²) in [5, 5.41) is 2.69. The summed E-state index contributed by atoms with van der Waals surface area (Å²) in [7, 11) is 0. The number of rotatable bonds is 5. The summed E-state index contributed by atoms with van der Waals surface area (Å²) in [6.07, 6.45) is -0.949. The maximum Gasteiger partial charge on any atom is 0.312 e. The van der Waals surface area contributed by atoms with Crippen LogP contribution in [0.3, 0.4) is 0 Å². The molecule has 2 amide bonds. The van der Waals surface area contributed by atoms with Crippen LogP contribution < -0.4 is 19.7 Å². The molecule has 0 aromatic heterocycles. The number of aryl methyl sites for hydroxylation is 1. The zero-order valence-corrected chi connectivity index (χ0v) is 16.7. The third-order valence-electron chi connectivity index (χ3n) is 5.11. The molecule has 8 nitrogen and oxygen atoms in total. The second-order valence-corrected chi connectivity index (χ2v) is 7.38. The minimum atomic E-state index is -1.01. The van der Waals surface area contributed by atoms with Crippen LogP contribution in [0.1, 0.15) is 18.9 Å². The first-order valence-electron chi connectivity index (χ1n) is 9.69. The van der Waals surface area contributed by atoms with Gasteiger partial charge >= 0.3 is 5.97 Å². The summed E-state index contributed by atoms with van der Waals surface area (Å²) in [5.41, 5.74) is 2.34. The zero-order chi connectivity index (χ0) is 21.3. The summed E-state index contributed by atoms with van der Waals surface area (Å²) in [6.45, 7) is 3.83. The summed E-state index contributed by atoms with van der Waals surface area (Å²) in [5.74, 6) is -0.638. The van der Waals surface area contributed by atoms with Crippen LogP contribution in [0.25, 0.3) is 0 Å². The molecule has 8 heteroatoms. The van der Waals surface area contributed by atoms with Gasteiger partial charge in [-0.15, -0.1) is 0 Å². The molecule has 0 radical (unpaired) electrons. The summed E-state index contributed by atoms with van der Waals surface area (Å²) in [4.78, 5) is 38.8. The molecule has 2 atom stereocenters. The molecule has 30 heavy (non-hydrogen) atoms. The van der Waals surface area contributed by atoms with Crippen molar-refractivity contribution in [2.24, 2.45) is 5.92 Å². The Kier molecular flexibility index (Phi) is 5.31. The Morgan fingerprint density at radius 1 is 1.13 bits per heavy atom. The Labute approximate surface area is 173 Å². The lowest BCUT2D eigenvalue weighted by atomic mass is 10.1. The Morgan fingerprint density at radius 2 is 1.87 bits per heavy atom. The van der Waals surface area contributed by atoms with E-state index in [1.54, 1.807) is 23.1 Å². The number of esters is 1. The highest BCUT2D eigenvalue weighted by atomic mass is 16.7. The molecular weight excluding hydrogens is 388 g/mol. The molecule has 1 fully saturated rings. The van der Waals surface area contributed by atoms with Crippen LogP contribution in [0.5, 0.6) is 11.5 Å². The van der Waals surface area contributed by atoms with Crippen LogP contribution in [-0.2, 0) is 19.1 Å². The summed E-state index contributed by atoms with van der Waals surface area (Å²) < 4.78 is 15.8. The standard InChI is InChI=1S/C22H22N2O6/c1-13-3-6-17(7-4-13)24-11-15(9-20(24)25)22(27)30-14(2)21(26)23-16-5-8-18-19(10-16)29-12-28-18/h3-8,10,14-15H,9,11-12H2,1-2H3,(H,23,26)/t14-,15+/m1/s1. The average molecular weight is 410 g/mol. The second kappa shape index (κ2) is 8.06. The Morgan fingerprint density at radius 3 is 2.63 bits per heavy atom. The molecule has 2 aromatic rings. The molecule has 4 rings (SSSR count). The average Bonchev–Trinajstić information content (AvgIpc) is 3.34. The van der Waals surface area contributed by atoms with E-state index in [9.17, 15) is 14.4 Å². The smallest absolute Gasteiger partial charge is 0.312 e. The highest BCUT2D eigenvalue weighted by Crippen LogP contribution is 2.34. The molecule has 2 aliphatic rings. The van der Waals surface area contributed by atoms with Gasteiger partial charge in [0.1, 0.15) is 0 Å². The van der Waals surface area contributed by atoms with Crippen LogP contribution in [0.4, 0.5) is 11.4 Å². The van der Waals surface area contributed by atoms with E-state index >= 15 is 0 Å². The molecule has 1 N–H and O–H groups in total.